The molecule has 3 heteroatoms. The van der Waals surface area contributed by atoms with E-state index in [4.69, 9.17) is 9.47 Å². The van der Waals surface area contributed by atoms with Crippen LogP contribution in [0.25, 0.3) is 0 Å². The topological polar surface area (TPSA) is 35.5 Å². The third-order valence-corrected chi connectivity index (χ3v) is 4.67. The quantitative estimate of drug-likeness (QED) is 0.623. The molecule has 0 aromatic heterocycles. The molecule has 1 saturated carbocycles. The van der Waals surface area contributed by atoms with E-state index in [-0.39, 0.29) is 11.9 Å². The van der Waals surface area contributed by atoms with Gasteiger partial charge >= 0.3 is 5.97 Å². The first-order chi connectivity index (χ1) is 9.69. The standard InChI is InChI=1S/C17H20O3/c1-11-13-5-6-14(9-13)16(11)17(18)20-10-12-3-7-15(19-2)8-4-12/h3-8,11,13-14,16H,9-10H2,1-2H3/t11-,13?,14?,16?/m1/s1. The lowest BCUT2D eigenvalue weighted by molar-refractivity contribution is -0.152. The van der Waals surface area contributed by atoms with Gasteiger partial charge < -0.3 is 9.47 Å². The smallest absolute Gasteiger partial charge is 0.310 e. The van der Waals surface area contributed by atoms with Crippen LogP contribution in [0.15, 0.2) is 36.4 Å². The van der Waals surface area contributed by atoms with Crippen molar-refractivity contribution in [2.75, 3.05) is 7.11 Å². The predicted octanol–water partition coefficient (Wildman–Crippen LogP) is 3.20. The Morgan fingerprint density at radius 3 is 2.50 bits per heavy atom. The Labute approximate surface area is 119 Å². The van der Waals surface area contributed by atoms with Crippen LogP contribution in [0.2, 0.25) is 0 Å². The maximum atomic E-state index is 12.3. The summed E-state index contributed by atoms with van der Waals surface area (Å²) in [6, 6.07) is 7.62. The van der Waals surface area contributed by atoms with Crippen molar-refractivity contribution in [1.29, 1.82) is 0 Å². The summed E-state index contributed by atoms with van der Waals surface area (Å²) in [6.45, 7) is 2.50. The molecule has 2 aliphatic rings. The molecule has 0 N–H and O–H groups in total. The maximum absolute atomic E-state index is 12.3. The van der Waals surface area contributed by atoms with Gasteiger partial charge in [0.2, 0.25) is 0 Å². The summed E-state index contributed by atoms with van der Waals surface area (Å²) in [5.41, 5.74) is 0.991. The zero-order valence-corrected chi connectivity index (χ0v) is 11.9. The zero-order chi connectivity index (χ0) is 14.1. The second-order valence-corrected chi connectivity index (χ2v) is 5.79. The number of hydrogen-bond acceptors (Lipinski definition) is 3. The zero-order valence-electron chi connectivity index (χ0n) is 11.9. The number of ether oxygens (including phenoxy) is 2. The van der Waals surface area contributed by atoms with E-state index >= 15 is 0 Å². The van der Waals surface area contributed by atoms with E-state index in [0.29, 0.717) is 24.4 Å². The van der Waals surface area contributed by atoms with Crippen molar-refractivity contribution in [2.24, 2.45) is 23.7 Å². The van der Waals surface area contributed by atoms with Gasteiger partial charge in [-0.1, -0.05) is 31.2 Å². The van der Waals surface area contributed by atoms with Crippen LogP contribution in [0.5, 0.6) is 5.75 Å². The Bertz CT molecular complexity index is 518. The minimum atomic E-state index is -0.0508. The van der Waals surface area contributed by atoms with Crippen LogP contribution in [-0.4, -0.2) is 13.1 Å². The average Bonchev–Trinajstić information content (AvgIpc) is 3.06. The SMILES string of the molecule is COc1ccc(COC(=O)C2C3C=CC(C3)[C@H]2C)cc1. The first-order valence-electron chi connectivity index (χ1n) is 7.17. The van der Waals surface area contributed by atoms with Crippen molar-refractivity contribution in [1.82, 2.24) is 0 Å². The average molecular weight is 272 g/mol. The number of hydrogen-bond donors (Lipinski definition) is 0. The van der Waals surface area contributed by atoms with E-state index in [0.717, 1.165) is 17.7 Å². The molecular weight excluding hydrogens is 252 g/mol. The fraction of sp³-hybridized carbons (Fsp3) is 0.471. The van der Waals surface area contributed by atoms with Crippen LogP contribution in [0.3, 0.4) is 0 Å². The molecule has 0 saturated heterocycles. The second-order valence-electron chi connectivity index (χ2n) is 5.79. The first kappa shape index (κ1) is 13.2. The molecule has 4 atom stereocenters. The summed E-state index contributed by atoms with van der Waals surface area (Å²) in [4.78, 5) is 12.3. The van der Waals surface area contributed by atoms with Gasteiger partial charge in [-0.25, -0.2) is 0 Å². The van der Waals surface area contributed by atoms with Crippen molar-refractivity contribution in [3.05, 3.63) is 42.0 Å². The largest absolute Gasteiger partial charge is 0.497 e. The van der Waals surface area contributed by atoms with E-state index in [1.807, 2.05) is 24.3 Å². The van der Waals surface area contributed by atoms with Crippen molar-refractivity contribution < 1.29 is 14.3 Å². The van der Waals surface area contributed by atoms with Crippen LogP contribution < -0.4 is 4.74 Å². The molecule has 106 valence electrons. The molecule has 0 spiro atoms. The van der Waals surface area contributed by atoms with Gasteiger partial charge in [-0.3, -0.25) is 4.79 Å². The van der Waals surface area contributed by atoms with E-state index < -0.39 is 0 Å². The number of rotatable bonds is 4. The maximum Gasteiger partial charge on any atom is 0.310 e. The Morgan fingerprint density at radius 1 is 1.20 bits per heavy atom. The van der Waals surface area contributed by atoms with Crippen LogP contribution in [0.1, 0.15) is 18.9 Å². The molecule has 0 heterocycles. The van der Waals surface area contributed by atoms with E-state index in [1.165, 1.54) is 0 Å². The van der Waals surface area contributed by atoms with Crippen molar-refractivity contribution >= 4 is 5.97 Å². The molecule has 20 heavy (non-hydrogen) atoms. The molecule has 1 aromatic rings. The van der Waals surface area contributed by atoms with Crippen molar-refractivity contribution in [3.8, 4) is 5.75 Å². The summed E-state index contributed by atoms with van der Waals surface area (Å²) in [5.74, 6) is 2.17. The van der Waals surface area contributed by atoms with Gasteiger partial charge in [0.25, 0.3) is 0 Å². The van der Waals surface area contributed by atoms with Gasteiger partial charge in [-0.05, 0) is 41.9 Å². The van der Waals surface area contributed by atoms with Crippen LogP contribution >= 0.6 is 0 Å². The first-order valence-corrected chi connectivity index (χ1v) is 7.17. The molecule has 0 amide bonds. The van der Waals surface area contributed by atoms with Gasteiger partial charge in [-0.15, -0.1) is 0 Å². The molecule has 3 rings (SSSR count). The number of allylic oxidation sites excluding steroid dienone is 2. The highest BCUT2D eigenvalue weighted by molar-refractivity contribution is 5.74. The summed E-state index contributed by atoms with van der Waals surface area (Å²) < 4.78 is 10.6. The minimum absolute atomic E-state index is 0.0447. The monoisotopic (exact) mass is 272 g/mol. The number of esters is 1. The van der Waals surface area contributed by atoms with Gasteiger partial charge in [0, 0.05) is 0 Å². The third kappa shape index (κ3) is 2.33. The number of carbonyl (C=O) groups excluding carboxylic acids is 1. The molecule has 0 radical (unpaired) electrons. The van der Waals surface area contributed by atoms with Crippen LogP contribution in [0, 0.1) is 23.7 Å². The number of methoxy groups -OCH3 is 1. The molecular formula is C17H20O3. The van der Waals surface area contributed by atoms with E-state index in [1.54, 1.807) is 7.11 Å². The second kappa shape index (κ2) is 5.31. The molecule has 2 bridgehead atoms. The lowest BCUT2D eigenvalue weighted by Crippen LogP contribution is -2.27. The van der Waals surface area contributed by atoms with Gasteiger partial charge in [-0.2, -0.15) is 0 Å². The summed E-state index contributed by atoms with van der Waals surface area (Å²) in [7, 11) is 1.64. The Balaban J connectivity index is 1.58. The summed E-state index contributed by atoms with van der Waals surface area (Å²) in [5, 5.41) is 0. The molecule has 0 aliphatic heterocycles. The predicted molar refractivity (Wildman–Crippen MR) is 76.2 cm³/mol. The van der Waals surface area contributed by atoms with E-state index in [9.17, 15) is 4.79 Å². The number of benzene rings is 1. The summed E-state index contributed by atoms with van der Waals surface area (Å²) in [6.07, 6.45) is 5.55. The third-order valence-electron chi connectivity index (χ3n) is 4.67. The van der Waals surface area contributed by atoms with Crippen molar-refractivity contribution in [2.45, 2.75) is 20.0 Å². The molecule has 1 aromatic carbocycles. The van der Waals surface area contributed by atoms with Crippen LogP contribution in [-0.2, 0) is 16.1 Å². The van der Waals surface area contributed by atoms with Gasteiger partial charge in [0.05, 0.1) is 13.0 Å². The van der Waals surface area contributed by atoms with Gasteiger partial charge in [0.1, 0.15) is 12.4 Å². The highest BCUT2D eigenvalue weighted by Crippen LogP contribution is 2.48. The highest BCUT2D eigenvalue weighted by atomic mass is 16.5. The Morgan fingerprint density at radius 2 is 1.90 bits per heavy atom. The minimum Gasteiger partial charge on any atom is -0.497 e. The van der Waals surface area contributed by atoms with E-state index in [2.05, 4.69) is 19.1 Å². The lowest BCUT2D eigenvalue weighted by Gasteiger charge is -2.22. The van der Waals surface area contributed by atoms with Gasteiger partial charge in [0.15, 0.2) is 0 Å². The normalized spacial score (nSPS) is 30.5. The van der Waals surface area contributed by atoms with Crippen LogP contribution in [0.4, 0.5) is 0 Å². The Kier molecular flexibility index (Phi) is 3.51. The fourth-order valence-electron chi connectivity index (χ4n) is 3.43. The highest BCUT2D eigenvalue weighted by Gasteiger charge is 2.46. The summed E-state index contributed by atoms with van der Waals surface area (Å²) >= 11 is 0. The lowest BCUT2D eigenvalue weighted by atomic mass is 9.84. The number of carbonyl (C=O) groups is 1. The molecule has 3 unspecified atom stereocenters. The molecule has 3 nitrogen and oxygen atoms in total. The fourth-order valence-corrected chi connectivity index (χ4v) is 3.43. The molecule has 1 fully saturated rings. The van der Waals surface area contributed by atoms with Crippen molar-refractivity contribution in [3.63, 3.8) is 0 Å². The molecule has 2 aliphatic carbocycles. The number of fused-ring (bicyclic) bond motifs is 2. The Hall–Kier alpha value is -1.77.